The van der Waals surface area contributed by atoms with Gasteiger partial charge in [0, 0.05) is 55.4 Å². The van der Waals surface area contributed by atoms with Gasteiger partial charge in [0.25, 0.3) is 5.92 Å². The number of piperidine rings is 1. The van der Waals surface area contributed by atoms with Crippen molar-refractivity contribution in [2.75, 3.05) is 36.4 Å². The Morgan fingerprint density at radius 1 is 1.11 bits per heavy atom. The number of aryl methyl sites for hydroxylation is 2. The maximum Gasteiger partial charge on any atom is 0.416 e. The van der Waals surface area contributed by atoms with E-state index in [0.717, 1.165) is 23.3 Å². The van der Waals surface area contributed by atoms with Crippen LogP contribution in [0.5, 0.6) is 0 Å². The standard InChI is InChI=1S/C27H29ClF5N3O2/c1-16-5-4-6-17(2)22(16)36-15-25(18(3)23(36)37,14-35-9-7-26(29,30)8-10-35)24(38)34-21-12-19(27(31,32)33)11-20(28)13-21/h4-6,11-13,18H,7-10,14-15H2,1-3H3,(H,34,38)/t18?,25-/m1/s1. The minimum absolute atomic E-state index is 0.00403. The van der Waals surface area contributed by atoms with E-state index in [1.54, 1.807) is 11.8 Å². The van der Waals surface area contributed by atoms with Crippen LogP contribution >= 0.6 is 11.6 Å². The number of carbonyl (C=O) groups excluding carboxylic acids is 2. The Balaban J connectivity index is 1.72. The molecule has 1 unspecified atom stereocenters. The Morgan fingerprint density at radius 2 is 1.71 bits per heavy atom. The molecular weight excluding hydrogens is 529 g/mol. The third-order valence-electron chi connectivity index (χ3n) is 7.64. The summed E-state index contributed by atoms with van der Waals surface area (Å²) in [6.07, 6.45) is -5.44. The number of likely N-dealkylation sites (tertiary alicyclic amines) is 1. The molecule has 1 N–H and O–H groups in total. The Bertz CT molecular complexity index is 1220. The highest BCUT2D eigenvalue weighted by molar-refractivity contribution is 6.31. The van der Waals surface area contributed by atoms with E-state index in [9.17, 15) is 31.5 Å². The minimum Gasteiger partial charge on any atom is -0.325 e. The van der Waals surface area contributed by atoms with Crippen LogP contribution in [0.3, 0.4) is 0 Å². The Kier molecular flexibility index (Phi) is 7.53. The molecule has 2 atom stereocenters. The highest BCUT2D eigenvalue weighted by Crippen LogP contribution is 2.44. The van der Waals surface area contributed by atoms with Gasteiger partial charge < -0.3 is 15.1 Å². The fourth-order valence-corrected chi connectivity index (χ4v) is 5.67. The van der Waals surface area contributed by atoms with Crippen molar-refractivity contribution >= 4 is 34.8 Å². The lowest BCUT2D eigenvalue weighted by Gasteiger charge is -2.39. The van der Waals surface area contributed by atoms with Crippen LogP contribution in [-0.4, -0.2) is 48.8 Å². The number of carbonyl (C=O) groups is 2. The largest absolute Gasteiger partial charge is 0.416 e. The maximum atomic E-state index is 13.9. The Hall–Kier alpha value is -2.72. The number of hydrogen-bond donors (Lipinski definition) is 1. The van der Waals surface area contributed by atoms with Crippen molar-refractivity contribution in [1.82, 2.24) is 4.90 Å². The van der Waals surface area contributed by atoms with E-state index < -0.39 is 34.9 Å². The van der Waals surface area contributed by atoms with E-state index in [0.29, 0.717) is 5.69 Å². The van der Waals surface area contributed by atoms with Gasteiger partial charge in [-0.3, -0.25) is 9.59 Å². The zero-order chi connectivity index (χ0) is 28.0. The predicted octanol–water partition coefficient (Wildman–Crippen LogP) is 6.31. The summed E-state index contributed by atoms with van der Waals surface area (Å²) in [6.45, 7) is 5.30. The molecule has 2 saturated heterocycles. The quantitative estimate of drug-likeness (QED) is 0.438. The topological polar surface area (TPSA) is 52.6 Å². The number of hydrogen-bond acceptors (Lipinski definition) is 3. The van der Waals surface area contributed by atoms with Gasteiger partial charge in [-0.2, -0.15) is 13.2 Å². The van der Waals surface area contributed by atoms with Gasteiger partial charge in [0.05, 0.1) is 16.9 Å². The lowest BCUT2D eigenvalue weighted by Crippen LogP contribution is -2.53. The first-order chi connectivity index (χ1) is 17.6. The number of anilines is 2. The van der Waals surface area contributed by atoms with Crippen LogP contribution in [0.2, 0.25) is 5.02 Å². The second-order valence-electron chi connectivity index (χ2n) is 10.4. The van der Waals surface area contributed by atoms with E-state index in [2.05, 4.69) is 5.32 Å². The van der Waals surface area contributed by atoms with Gasteiger partial charge in [0.1, 0.15) is 0 Å². The first-order valence-electron chi connectivity index (χ1n) is 12.3. The van der Waals surface area contributed by atoms with E-state index in [1.807, 2.05) is 32.0 Å². The van der Waals surface area contributed by atoms with Gasteiger partial charge in [0.2, 0.25) is 11.8 Å². The molecule has 2 aliphatic heterocycles. The molecule has 4 rings (SSSR count). The second-order valence-corrected chi connectivity index (χ2v) is 10.8. The number of para-hydroxylation sites is 1. The monoisotopic (exact) mass is 557 g/mol. The van der Waals surface area contributed by atoms with Crippen molar-refractivity contribution in [2.24, 2.45) is 11.3 Å². The molecule has 2 aromatic carbocycles. The lowest BCUT2D eigenvalue weighted by molar-refractivity contribution is -0.137. The van der Waals surface area contributed by atoms with E-state index >= 15 is 0 Å². The highest BCUT2D eigenvalue weighted by atomic mass is 35.5. The molecule has 206 valence electrons. The first-order valence-corrected chi connectivity index (χ1v) is 12.7. The van der Waals surface area contributed by atoms with Crippen LogP contribution in [0, 0.1) is 25.2 Å². The molecule has 0 radical (unpaired) electrons. The number of amides is 2. The molecule has 2 aromatic rings. The highest BCUT2D eigenvalue weighted by Gasteiger charge is 2.56. The van der Waals surface area contributed by atoms with Crippen LogP contribution < -0.4 is 10.2 Å². The molecule has 2 amide bonds. The summed E-state index contributed by atoms with van der Waals surface area (Å²) in [5.41, 5.74) is -0.302. The van der Waals surface area contributed by atoms with E-state index in [-0.39, 0.29) is 55.6 Å². The molecule has 0 saturated carbocycles. The average molecular weight is 558 g/mol. The van der Waals surface area contributed by atoms with Crippen LogP contribution in [-0.2, 0) is 15.8 Å². The Labute approximate surface area is 222 Å². The van der Waals surface area contributed by atoms with Crippen LogP contribution in [0.1, 0.15) is 36.5 Å². The van der Waals surface area contributed by atoms with Gasteiger partial charge >= 0.3 is 6.18 Å². The number of nitrogens with zero attached hydrogens (tertiary/aromatic N) is 2. The van der Waals surface area contributed by atoms with Crippen LogP contribution in [0.25, 0.3) is 0 Å². The summed E-state index contributed by atoms with van der Waals surface area (Å²) in [5.74, 6) is -4.66. The summed E-state index contributed by atoms with van der Waals surface area (Å²) in [5, 5.41) is 2.35. The lowest BCUT2D eigenvalue weighted by atomic mass is 9.76. The third kappa shape index (κ3) is 5.52. The summed E-state index contributed by atoms with van der Waals surface area (Å²) in [4.78, 5) is 30.8. The molecule has 11 heteroatoms. The second kappa shape index (κ2) is 10.1. The molecule has 38 heavy (non-hydrogen) atoms. The third-order valence-corrected chi connectivity index (χ3v) is 7.86. The zero-order valence-corrected chi connectivity index (χ0v) is 22.0. The normalized spacial score (nSPS) is 24.1. The molecule has 0 aliphatic carbocycles. The minimum atomic E-state index is -4.68. The number of rotatable bonds is 5. The SMILES string of the molecule is Cc1cccc(C)c1N1C[C@@](CN2CCC(F)(F)CC2)(C(=O)Nc2cc(Cl)cc(C(F)(F)F)c2)C(C)C1=O. The van der Waals surface area contributed by atoms with Gasteiger partial charge in [-0.1, -0.05) is 36.7 Å². The fourth-order valence-electron chi connectivity index (χ4n) is 5.43. The van der Waals surface area contributed by atoms with E-state index in [4.69, 9.17) is 11.6 Å². The summed E-state index contributed by atoms with van der Waals surface area (Å²) >= 11 is 5.91. The van der Waals surface area contributed by atoms with Crippen LogP contribution in [0.15, 0.2) is 36.4 Å². The molecule has 0 bridgehead atoms. The molecule has 5 nitrogen and oxygen atoms in total. The van der Waals surface area contributed by atoms with Crippen LogP contribution in [0.4, 0.5) is 33.3 Å². The molecule has 2 aliphatic rings. The van der Waals surface area contributed by atoms with Crippen molar-refractivity contribution in [3.8, 4) is 0 Å². The summed E-state index contributed by atoms with van der Waals surface area (Å²) in [7, 11) is 0. The van der Waals surface area contributed by atoms with Gasteiger partial charge in [0.15, 0.2) is 0 Å². The first kappa shape index (κ1) is 28.3. The smallest absolute Gasteiger partial charge is 0.325 e. The number of nitrogens with one attached hydrogen (secondary N) is 1. The zero-order valence-electron chi connectivity index (χ0n) is 21.3. The molecule has 2 heterocycles. The predicted molar refractivity (Wildman–Crippen MR) is 136 cm³/mol. The van der Waals surface area contributed by atoms with Crippen molar-refractivity contribution in [3.63, 3.8) is 0 Å². The van der Waals surface area contributed by atoms with Crippen molar-refractivity contribution in [1.29, 1.82) is 0 Å². The molecule has 2 fully saturated rings. The van der Waals surface area contributed by atoms with E-state index in [1.165, 1.54) is 11.0 Å². The maximum absolute atomic E-state index is 13.9. The molecule has 0 aromatic heterocycles. The van der Waals surface area contributed by atoms with Crippen molar-refractivity contribution in [3.05, 3.63) is 58.1 Å². The van der Waals surface area contributed by atoms with Crippen molar-refractivity contribution < 1.29 is 31.5 Å². The fraction of sp³-hybridized carbons (Fsp3) is 0.481. The number of benzene rings is 2. The summed E-state index contributed by atoms with van der Waals surface area (Å²) in [6, 6.07) is 8.28. The van der Waals surface area contributed by atoms with Gasteiger partial charge in [-0.15, -0.1) is 0 Å². The molecule has 0 spiro atoms. The Morgan fingerprint density at radius 3 is 2.29 bits per heavy atom. The summed E-state index contributed by atoms with van der Waals surface area (Å²) < 4.78 is 67.8. The van der Waals surface area contributed by atoms with Crippen molar-refractivity contribution in [2.45, 2.75) is 45.7 Å². The molecular formula is C27H29ClF5N3O2. The van der Waals surface area contributed by atoms with Gasteiger partial charge in [-0.05, 0) is 43.2 Å². The van der Waals surface area contributed by atoms with Gasteiger partial charge in [-0.25, -0.2) is 8.78 Å². The number of alkyl halides is 5. The number of halogens is 6. The average Bonchev–Trinajstić information content (AvgIpc) is 3.05.